The highest BCUT2D eigenvalue weighted by atomic mass is 79.9. The van der Waals surface area contributed by atoms with Crippen LogP contribution in [0.25, 0.3) is 0 Å². The number of halogens is 1. The molecule has 94 valence electrons. The minimum Gasteiger partial charge on any atom is -0.307 e. The minimum absolute atomic E-state index is 0.523. The summed E-state index contributed by atoms with van der Waals surface area (Å²) in [6.45, 7) is 4.54. The molecule has 2 rings (SSSR count). The predicted octanol–water partition coefficient (Wildman–Crippen LogP) is 4.68. The molecule has 1 saturated carbocycles. The highest BCUT2D eigenvalue weighted by Crippen LogP contribution is 2.37. The zero-order chi connectivity index (χ0) is 12.3. The van der Waals surface area contributed by atoms with Gasteiger partial charge in [-0.3, -0.25) is 0 Å². The van der Waals surface area contributed by atoms with Crippen LogP contribution in [-0.4, -0.2) is 6.04 Å². The van der Waals surface area contributed by atoms with Gasteiger partial charge in [0.15, 0.2) is 0 Å². The lowest BCUT2D eigenvalue weighted by molar-refractivity contribution is 0.489. The van der Waals surface area contributed by atoms with E-state index in [4.69, 9.17) is 0 Å². The van der Waals surface area contributed by atoms with Crippen LogP contribution in [0.3, 0.4) is 0 Å². The van der Waals surface area contributed by atoms with E-state index in [1.165, 1.54) is 24.8 Å². The smallest absolute Gasteiger partial charge is 0.0320 e. The first kappa shape index (κ1) is 13.1. The third kappa shape index (κ3) is 3.56. The summed E-state index contributed by atoms with van der Waals surface area (Å²) >= 11 is 3.49. The molecule has 3 atom stereocenters. The van der Waals surface area contributed by atoms with Gasteiger partial charge in [0.25, 0.3) is 0 Å². The van der Waals surface area contributed by atoms with Gasteiger partial charge in [0, 0.05) is 16.6 Å². The van der Waals surface area contributed by atoms with Crippen molar-refractivity contribution in [3.8, 4) is 0 Å². The van der Waals surface area contributed by atoms with Crippen molar-refractivity contribution in [3.63, 3.8) is 0 Å². The molecule has 0 aromatic heterocycles. The normalized spacial score (nSPS) is 24.6. The van der Waals surface area contributed by atoms with E-state index in [1.807, 2.05) is 0 Å². The van der Waals surface area contributed by atoms with Crippen molar-refractivity contribution in [1.82, 2.24) is 5.32 Å². The van der Waals surface area contributed by atoms with E-state index in [0.29, 0.717) is 6.04 Å². The molecule has 0 aliphatic heterocycles. The average Bonchev–Trinajstić information content (AvgIpc) is 3.06. The van der Waals surface area contributed by atoms with Crippen molar-refractivity contribution in [1.29, 1.82) is 0 Å². The van der Waals surface area contributed by atoms with Crippen LogP contribution < -0.4 is 5.32 Å². The molecular weight excluding hydrogens is 274 g/mol. The molecule has 3 unspecified atom stereocenters. The van der Waals surface area contributed by atoms with E-state index >= 15 is 0 Å². The van der Waals surface area contributed by atoms with Gasteiger partial charge in [-0.05, 0) is 42.9 Å². The molecule has 2 heteroatoms. The maximum Gasteiger partial charge on any atom is 0.0320 e. The van der Waals surface area contributed by atoms with Crippen molar-refractivity contribution in [2.24, 2.45) is 5.92 Å². The van der Waals surface area contributed by atoms with Crippen LogP contribution in [-0.2, 0) is 0 Å². The Labute approximate surface area is 113 Å². The van der Waals surface area contributed by atoms with Gasteiger partial charge in [-0.25, -0.2) is 0 Å². The van der Waals surface area contributed by atoms with Gasteiger partial charge in [-0.1, -0.05) is 48.3 Å². The fourth-order valence-electron chi connectivity index (χ4n) is 2.54. The standard InChI is InChI=1S/C15H22BrN/c1-3-5-12-10-15(12)17-14(4-2)11-6-8-13(16)9-7-11/h6-9,12,14-15,17H,3-5,10H2,1-2H3. The number of hydrogen-bond acceptors (Lipinski definition) is 1. The van der Waals surface area contributed by atoms with Crippen LogP contribution in [0.5, 0.6) is 0 Å². The van der Waals surface area contributed by atoms with E-state index in [1.54, 1.807) is 0 Å². The van der Waals surface area contributed by atoms with Crippen LogP contribution in [0.4, 0.5) is 0 Å². The summed E-state index contributed by atoms with van der Waals surface area (Å²) in [6.07, 6.45) is 5.24. The molecular formula is C15H22BrN. The monoisotopic (exact) mass is 295 g/mol. The Kier molecular flexibility index (Phi) is 4.63. The molecule has 0 amide bonds. The van der Waals surface area contributed by atoms with E-state index < -0.39 is 0 Å². The van der Waals surface area contributed by atoms with Crippen LogP contribution in [0, 0.1) is 5.92 Å². The lowest BCUT2D eigenvalue weighted by atomic mass is 10.0. The van der Waals surface area contributed by atoms with Crippen molar-refractivity contribution >= 4 is 15.9 Å². The summed E-state index contributed by atoms with van der Waals surface area (Å²) in [4.78, 5) is 0. The molecule has 17 heavy (non-hydrogen) atoms. The van der Waals surface area contributed by atoms with Gasteiger partial charge in [0.2, 0.25) is 0 Å². The van der Waals surface area contributed by atoms with Crippen molar-refractivity contribution in [2.75, 3.05) is 0 Å². The van der Waals surface area contributed by atoms with E-state index in [2.05, 4.69) is 59.4 Å². The molecule has 0 bridgehead atoms. The summed E-state index contributed by atoms with van der Waals surface area (Å²) in [6, 6.07) is 10.0. The second kappa shape index (κ2) is 6.01. The first-order chi connectivity index (χ1) is 8.24. The zero-order valence-electron chi connectivity index (χ0n) is 10.7. The Hall–Kier alpha value is -0.340. The molecule has 1 aromatic rings. The molecule has 0 radical (unpaired) electrons. The highest BCUT2D eigenvalue weighted by molar-refractivity contribution is 9.10. The molecule has 0 saturated heterocycles. The lowest BCUT2D eigenvalue weighted by Crippen LogP contribution is -2.24. The van der Waals surface area contributed by atoms with Crippen LogP contribution in [0.2, 0.25) is 0 Å². The molecule has 1 aromatic carbocycles. The lowest BCUT2D eigenvalue weighted by Gasteiger charge is -2.17. The summed E-state index contributed by atoms with van der Waals surface area (Å²) in [5.41, 5.74) is 1.41. The van der Waals surface area contributed by atoms with E-state index in [9.17, 15) is 0 Å². The Morgan fingerprint density at radius 1 is 1.29 bits per heavy atom. The van der Waals surface area contributed by atoms with Gasteiger partial charge in [0.05, 0.1) is 0 Å². The molecule has 1 fully saturated rings. The zero-order valence-corrected chi connectivity index (χ0v) is 12.3. The summed E-state index contributed by atoms with van der Waals surface area (Å²) in [5.74, 6) is 0.935. The quantitative estimate of drug-likeness (QED) is 0.804. The Balaban J connectivity index is 1.91. The maximum absolute atomic E-state index is 3.80. The molecule has 1 aliphatic carbocycles. The maximum atomic E-state index is 3.80. The van der Waals surface area contributed by atoms with Crippen LogP contribution in [0.1, 0.15) is 51.1 Å². The van der Waals surface area contributed by atoms with Crippen LogP contribution >= 0.6 is 15.9 Å². The number of hydrogen-bond donors (Lipinski definition) is 1. The van der Waals surface area contributed by atoms with Gasteiger partial charge >= 0.3 is 0 Å². The topological polar surface area (TPSA) is 12.0 Å². The predicted molar refractivity (Wildman–Crippen MR) is 77.1 cm³/mol. The van der Waals surface area contributed by atoms with Gasteiger partial charge in [-0.15, -0.1) is 0 Å². The second-order valence-corrected chi connectivity index (χ2v) is 5.99. The summed E-state index contributed by atoms with van der Waals surface area (Å²) < 4.78 is 1.16. The van der Waals surface area contributed by atoms with Crippen LogP contribution in [0.15, 0.2) is 28.7 Å². The molecule has 0 spiro atoms. The van der Waals surface area contributed by atoms with Crippen molar-refractivity contribution in [2.45, 2.75) is 51.6 Å². The third-order valence-electron chi connectivity index (χ3n) is 3.68. The largest absolute Gasteiger partial charge is 0.307 e. The average molecular weight is 296 g/mol. The Morgan fingerprint density at radius 2 is 2.00 bits per heavy atom. The fourth-order valence-corrected chi connectivity index (χ4v) is 2.81. The summed E-state index contributed by atoms with van der Waals surface area (Å²) in [7, 11) is 0. The van der Waals surface area contributed by atoms with E-state index in [-0.39, 0.29) is 0 Å². The molecule has 0 heterocycles. The molecule has 1 aliphatic rings. The minimum atomic E-state index is 0.523. The molecule has 1 nitrogen and oxygen atoms in total. The first-order valence-corrected chi connectivity index (χ1v) is 7.55. The molecule has 1 N–H and O–H groups in total. The number of rotatable bonds is 6. The summed E-state index contributed by atoms with van der Waals surface area (Å²) in [5, 5.41) is 3.80. The fraction of sp³-hybridized carbons (Fsp3) is 0.600. The SMILES string of the molecule is CCCC1CC1NC(CC)c1ccc(Br)cc1. The van der Waals surface area contributed by atoms with E-state index in [0.717, 1.165) is 22.9 Å². The van der Waals surface area contributed by atoms with Gasteiger partial charge in [-0.2, -0.15) is 0 Å². The Morgan fingerprint density at radius 3 is 2.59 bits per heavy atom. The highest BCUT2D eigenvalue weighted by Gasteiger charge is 2.36. The van der Waals surface area contributed by atoms with Crippen molar-refractivity contribution < 1.29 is 0 Å². The third-order valence-corrected chi connectivity index (χ3v) is 4.21. The first-order valence-electron chi connectivity index (χ1n) is 6.76. The number of benzene rings is 1. The van der Waals surface area contributed by atoms with Crippen molar-refractivity contribution in [3.05, 3.63) is 34.3 Å². The number of nitrogens with one attached hydrogen (secondary N) is 1. The van der Waals surface area contributed by atoms with Gasteiger partial charge < -0.3 is 5.32 Å². The second-order valence-electron chi connectivity index (χ2n) is 5.07. The Bertz CT molecular complexity index is 346. The van der Waals surface area contributed by atoms with Gasteiger partial charge in [0.1, 0.15) is 0 Å².